The van der Waals surface area contributed by atoms with Gasteiger partial charge in [-0.1, -0.05) is 18.2 Å². The van der Waals surface area contributed by atoms with Crippen molar-refractivity contribution in [2.24, 2.45) is 0 Å². The Morgan fingerprint density at radius 3 is 2.40 bits per heavy atom. The lowest BCUT2D eigenvalue weighted by molar-refractivity contribution is -0.118. The molecule has 2 aromatic carbocycles. The highest BCUT2D eigenvalue weighted by molar-refractivity contribution is 5.93. The molecule has 0 atom stereocenters. The lowest BCUT2D eigenvalue weighted by atomic mass is 10.2. The number of aromatic nitrogens is 4. The average molecular weight is 403 g/mol. The van der Waals surface area contributed by atoms with Crippen LogP contribution in [-0.2, 0) is 11.3 Å². The molecule has 0 radical (unpaired) electrons. The van der Waals surface area contributed by atoms with Crippen LogP contribution in [0.25, 0.3) is 22.6 Å². The van der Waals surface area contributed by atoms with Gasteiger partial charge in [0.05, 0.1) is 20.4 Å². The van der Waals surface area contributed by atoms with Gasteiger partial charge in [-0.2, -0.15) is 4.98 Å². The lowest BCUT2D eigenvalue weighted by Gasteiger charge is -2.18. The summed E-state index contributed by atoms with van der Waals surface area (Å²) in [4.78, 5) is 28.0. The van der Waals surface area contributed by atoms with Crippen molar-refractivity contribution in [2.45, 2.75) is 6.54 Å². The van der Waals surface area contributed by atoms with E-state index in [1.807, 2.05) is 54.6 Å². The van der Waals surface area contributed by atoms with Crippen LogP contribution in [0.4, 0.5) is 5.69 Å². The molecule has 0 aliphatic carbocycles. The minimum absolute atomic E-state index is 0.0319. The summed E-state index contributed by atoms with van der Waals surface area (Å²) >= 11 is 0. The van der Waals surface area contributed by atoms with Gasteiger partial charge in [-0.3, -0.25) is 9.36 Å². The molecule has 2 heterocycles. The summed E-state index contributed by atoms with van der Waals surface area (Å²) in [5.41, 5.74) is 2.72. The summed E-state index contributed by atoms with van der Waals surface area (Å²) in [6.07, 6.45) is 1.63. The number of carbonyl (C=O) groups excluding carboxylic acids is 1. The Balaban J connectivity index is 1.70. The zero-order chi connectivity index (χ0) is 21.1. The van der Waals surface area contributed by atoms with Gasteiger partial charge in [0.2, 0.25) is 5.91 Å². The third-order valence-electron chi connectivity index (χ3n) is 4.79. The van der Waals surface area contributed by atoms with E-state index in [1.54, 1.807) is 29.8 Å². The predicted octanol–water partition coefficient (Wildman–Crippen LogP) is 3.17. The topological polar surface area (TPSA) is 82.4 Å². The number of hydrogen-bond donors (Lipinski definition) is 0. The van der Waals surface area contributed by atoms with E-state index in [9.17, 15) is 4.79 Å². The van der Waals surface area contributed by atoms with E-state index in [0.29, 0.717) is 23.0 Å². The zero-order valence-corrected chi connectivity index (χ0v) is 16.9. The van der Waals surface area contributed by atoms with E-state index in [-0.39, 0.29) is 12.5 Å². The molecule has 152 valence electrons. The molecular formula is C22H21N5O3. The number of amides is 1. The number of nitrogens with zero attached hydrogens (tertiary/aromatic N) is 5. The van der Waals surface area contributed by atoms with E-state index in [2.05, 4.69) is 15.0 Å². The summed E-state index contributed by atoms with van der Waals surface area (Å²) in [5, 5.41) is 0. The van der Waals surface area contributed by atoms with Crippen molar-refractivity contribution in [3.05, 3.63) is 60.8 Å². The summed E-state index contributed by atoms with van der Waals surface area (Å²) in [5.74, 6) is 1.15. The van der Waals surface area contributed by atoms with Crippen LogP contribution in [0.2, 0.25) is 0 Å². The zero-order valence-electron chi connectivity index (χ0n) is 16.9. The Hall–Kier alpha value is -3.94. The van der Waals surface area contributed by atoms with Crippen LogP contribution in [0.3, 0.4) is 0 Å². The van der Waals surface area contributed by atoms with Gasteiger partial charge in [-0.25, -0.2) is 9.97 Å². The molecule has 0 aliphatic heterocycles. The maximum absolute atomic E-state index is 12.9. The SMILES string of the molecule is COc1ccc(-c2ncc3nc(OC)n(CC(=O)N(C)c4ccccc4)c3n2)cc1. The number of rotatable bonds is 6. The van der Waals surface area contributed by atoms with Crippen LogP contribution in [-0.4, -0.2) is 46.7 Å². The van der Waals surface area contributed by atoms with Gasteiger partial charge in [0.15, 0.2) is 11.5 Å². The van der Waals surface area contributed by atoms with E-state index in [4.69, 9.17) is 9.47 Å². The molecule has 2 aromatic heterocycles. The molecule has 8 nitrogen and oxygen atoms in total. The third-order valence-corrected chi connectivity index (χ3v) is 4.79. The maximum atomic E-state index is 12.9. The van der Waals surface area contributed by atoms with Gasteiger partial charge in [-0.15, -0.1) is 0 Å². The van der Waals surface area contributed by atoms with Gasteiger partial charge < -0.3 is 14.4 Å². The second-order valence-electron chi connectivity index (χ2n) is 6.60. The highest BCUT2D eigenvalue weighted by Crippen LogP contribution is 2.24. The fourth-order valence-electron chi connectivity index (χ4n) is 3.11. The monoisotopic (exact) mass is 403 g/mol. The lowest BCUT2D eigenvalue weighted by Crippen LogP contribution is -2.30. The maximum Gasteiger partial charge on any atom is 0.298 e. The number of hydrogen-bond acceptors (Lipinski definition) is 6. The molecule has 1 amide bonds. The minimum atomic E-state index is -0.122. The van der Waals surface area contributed by atoms with E-state index in [0.717, 1.165) is 17.0 Å². The first kappa shape index (κ1) is 19.4. The number of para-hydroxylation sites is 1. The number of imidazole rings is 1. The first-order valence-corrected chi connectivity index (χ1v) is 9.34. The van der Waals surface area contributed by atoms with Crippen LogP contribution >= 0.6 is 0 Å². The number of anilines is 1. The van der Waals surface area contributed by atoms with Gasteiger partial charge in [0.1, 0.15) is 17.8 Å². The van der Waals surface area contributed by atoms with Crippen molar-refractivity contribution >= 4 is 22.8 Å². The Bertz CT molecular complexity index is 1170. The highest BCUT2D eigenvalue weighted by Gasteiger charge is 2.19. The van der Waals surface area contributed by atoms with Gasteiger partial charge in [-0.05, 0) is 36.4 Å². The number of fused-ring (bicyclic) bond motifs is 1. The van der Waals surface area contributed by atoms with Crippen LogP contribution in [0.5, 0.6) is 11.8 Å². The van der Waals surface area contributed by atoms with Crippen molar-refractivity contribution in [3.8, 4) is 23.1 Å². The fourth-order valence-corrected chi connectivity index (χ4v) is 3.11. The quantitative estimate of drug-likeness (QED) is 0.492. The Morgan fingerprint density at radius 2 is 1.73 bits per heavy atom. The first-order chi connectivity index (χ1) is 14.6. The van der Waals surface area contributed by atoms with Crippen LogP contribution in [0.1, 0.15) is 0 Å². The van der Waals surface area contributed by atoms with Gasteiger partial charge in [0, 0.05) is 18.3 Å². The Kier molecular flexibility index (Phi) is 5.30. The van der Waals surface area contributed by atoms with E-state index >= 15 is 0 Å². The molecule has 0 N–H and O–H groups in total. The molecule has 0 fully saturated rings. The Morgan fingerprint density at radius 1 is 1.00 bits per heavy atom. The molecular weight excluding hydrogens is 382 g/mol. The minimum Gasteiger partial charge on any atom is -0.497 e. The standard InChI is InChI=1S/C22H21N5O3/c1-26(16-7-5-4-6-8-16)19(28)14-27-21-18(24-22(27)30-3)13-23-20(25-21)15-9-11-17(29-2)12-10-15/h4-13H,14H2,1-3H3. The Labute approximate surface area is 173 Å². The smallest absolute Gasteiger partial charge is 0.298 e. The predicted molar refractivity (Wildman–Crippen MR) is 114 cm³/mol. The number of likely N-dealkylation sites (N-methyl/N-ethyl adjacent to an activating group) is 1. The molecule has 0 saturated heterocycles. The number of carbonyl (C=O) groups is 1. The number of methoxy groups -OCH3 is 2. The molecule has 8 heteroatoms. The van der Waals surface area contributed by atoms with Gasteiger partial charge >= 0.3 is 0 Å². The summed E-state index contributed by atoms with van der Waals surface area (Å²) in [7, 11) is 4.87. The highest BCUT2D eigenvalue weighted by atomic mass is 16.5. The molecule has 0 saturated carbocycles. The molecule has 30 heavy (non-hydrogen) atoms. The van der Waals surface area contributed by atoms with Gasteiger partial charge in [0.25, 0.3) is 6.01 Å². The summed E-state index contributed by atoms with van der Waals surface area (Å²) < 4.78 is 12.2. The number of ether oxygens (including phenoxy) is 2. The van der Waals surface area contributed by atoms with Crippen molar-refractivity contribution in [1.29, 1.82) is 0 Å². The molecule has 0 bridgehead atoms. The molecule has 0 spiro atoms. The first-order valence-electron chi connectivity index (χ1n) is 9.34. The molecule has 0 aliphatic rings. The number of benzene rings is 2. The second kappa shape index (κ2) is 8.20. The second-order valence-corrected chi connectivity index (χ2v) is 6.60. The normalized spacial score (nSPS) is 10.8. The molecule has 4 aromatic rings. The summed E-state index contributed by atoms with van der Waals surface area (Å²) in [6, 6.07) is 17.2. The van der Waals surface area contributed by atoms with E-state index in [1.165, 1.54) is 7.11 Å². The van der Waals surface area contributed by atoms with Crippen molar-refractivity contribution in [1.82, 2.24) is 19.5 Å². The largest absolute Gasteiger partial charge is 0.497 e. The van der Waals surface area contributed by atoms with Crippen LogP contribution < -0.4 is 14.4 Å². The average Bonchev–Trinajstić information content (AvgIpc) is 3.15. The van der Waals surface area contributed by atoms with Crippen molar-refractivity contribution < 1.29 is 14.3 Å². The van der Waals surface area contributed by atoms with Crippen molar-refractivity contribution in [2.75, 3.05) is 26.2 Å². The van der Waals surface area contributed by atoms with E-state index < -0.39 is 0 Å². The summed E-state index contributed by atoms with van der Waals surface area (Å²) in [6.45, 7) is 0.0319. The fraction of sp³-hybridized carbons (Fsp3) is 0.182. The molecule has 0 unspecified atom stereocenters. The third kappa shape index (κ3) is 3.67. The van der Waals surface area contributed by atoms with Crippen LogP contribution in [0, 0.1) is 0 Å². The van der Waals surface area contributed by atoms with Crippen molar-refractivity contribution in [3.63, 3.8) is 0 Å². The molecule has 4 rings (SSSR count). The van der Waals surface area contributed by atoms with Crippen LogP contribution in [0.15, 0.2) is 60.8 Å².